The van der Waals surface area contributed by atoms with Crippen LogP contribution in [0.5, 0.6) is 5.75 Å². The number of hydrogen-bond acceptors (Lipinski definition) is 8. The third-order valence-electron chi connectivity index (χ3n) is 4.61. The Morgan fingerprint density at radius 2 is 2.13 bits per heavy atom. The van der Waals surface area contributed by atoms with Crippen molar-refractivity contribution < 1.29 is 33.2 Å². The standard InChI is InChI=1S/C20H21N3O8/c1-2-29-13-7-8-14(16(11-13)23(27)28)21-18(24)12-31-20(26)15-5-3-9-22(15)19(25)17-6-4-10-30-17/h4,6-8,10-11,15H,2-3,5,9,12H2,1H3,(H,21,24)/t15-/m0/s1. The number of nitrogens with zero attached hydrogens (tertiary/aromatic N) is 2. The summed E-state index contributed by atoms with van der Waals surface area (Å²) in [4.78, 5) is 49.0. The zero-order chi connectivity index (χ0) is 22.4. The normalized spacial score (nSPS) is 15.4. The zero-order valence-electron chi connectivity index (χ0n) is 16.7. The van der Waals surface area contributed by atoms with Crippen LogP contribution in [-0.2, 0) is 14.3 Å². The zero-order valence-corrected chi connectivity index (χ0v) is 16.7. The Labute approximate surface area is 177 Å². The Hall–Kier alpha value is -3.89. The second-order valence-electron chi connectivity index (χ2n) is 6.66. The highest BCUT2D eigenvalue weighted by molar-refractivity contribution is 5.97. The average Bonchev–Trinajstić information content (AvgIpc) is 3.45. The van der Waals surface area contributed by atoms with Gasteiger partial charge in [-0.25, -0.2) is 4.79 Å². The number of nitrogens with one attached hydrogen (secondary N) is 1. The van der Waals surface area contributed by atoms with E-state index in [1.807, 2.05) is 0 Å². The Balaban J connectivity index is 1.58. The summed E-state index contributed by atoms with van der Waals surface area (Å²) in [5.41, 5.74) is -0.401. The molecular weight excluding hydrogens is 410 g/mol. The average molecular weight is 431 g/mol. The van der Waals surface area contributed by atoms with E-state index in [2.05, 4.69) is 5.32 Å². The number of nitro benzene ring substituents is 1. The largest absolute Gasteiger partial charge is 0.494 e. The first kappa shape index (κ1) is 21.8. The van der Waals surface area contributed by atoms with Crippen molar-refractivity contribution in [3.05, 3.63) is 52.5 Å². The molecule has 1 aromatic carbocycles. The molecular formula is C20H21N3O8. The summed E-state index contributed by atoms with van der Waals surface area (Å²) in [7, 11) is 0. The minimum Gasteiger partial charge on any atom is -0.494 e. The number of anilines is 1. The molecule has 0 aliphatic carbocycles. The molecule has 31 heavy (non-hydrogen) atoms. The van der Waals surface area contributed by atoms with Gasteiger partial charge >= 0.3 is 5.97 Å². The van der Waals surface area contributed by atoms with E-state index in [1.165, 1.54) is 35.4 Å². The third-order valence-corrected chi connectivity index (χ3v) is 4.61. The fraction of sp³-hybridized carbons (Fsp3) is 0.350. The fourth-order valence-electron chi connectivity index (χ4n) is 3.24. The lowest BCUT2D eigenvalue weighted by Gasteiger charge is -2.22. The van der Waals surface area contributed by atoms with E-state index < -0.39 is 35.4 Å². The molecule has 1 N–H and O–H groups in total. The Morgan fingerprint density at radius 1 is 1.32 bits per heavy atom. The summed E-state index contributed by atoms with van der Waals surface area (Å²) in [5, 5.41) is 13.6. The molecule has 1 aromatic heterocycles. The van der Waals surface area contributed by atoms with Crippen LogP contribution in [0.4, 0.5) is 11.4 Å². The molecule has 2 heterocycles. The van der Waals surface area contributed by atoms with Crippen LogP contribution in [-0.4, -0.2) is 53.4 Å². The maximum absolute atomic E-state index is 12.4. The molecule has 11 nitrogen and oxygen atoms in total. The van der Waals surface area contributed by atoms with E-state index in [0.29, 0.717) is 31.7 Å². The van der Waals surface area contributed by atoms with Crippen molar-refractivity contribution >= 4 is 29.2 Å². The van der Waals surface area contributed by atoms with Gasteiger partial charge in [0.15, 0.2) is 12.4 Å². The molecule has 0 saturated carbocycles. The first-order valence-electron chi connectivity index (χ1n) is 9.63. The number of likely N-dealkylation sites (tertiary alicyclic amines) is 1. The van der Waals surface area contributed by atoms with Gasteiger partial charge in [-0.1, -0.05) is 0 Å². The Kier molecular flexibility index (Phi) is 6.85. The van der Waals surface area contributed by atoms with Gasteiger partial charge in [0.25, 0.3) is 17.5 Å². The van der Waals surface area contributed by atoms with Crippen molar-refractivity contribution in [2.75, 3.05) is 25.1 Å². The molecule has 1 fully saturated rings. The molecule has 0 unspecified atom stereocenters. The van der Waals surface area contributed by atoms with Gasteiger partial charge in [0.2, 0.25) is 0 Å². The van der Waals surface area contributed by atoms with Crippen LogP contribution in [0.1, 0.15) is 30.3 Å². The number of hydrogen-bond donors (Lipinski definition) is 1. The summed E-state index contributed by atoms with van der Waals surface area (Å²) in [6.45, 7) is 1.79. The van der Waals surface area contributed by atoms with Crippen molar-refractivity contribution in [2.24, 2.45) is 0 Å². The molecule has 0 spiro atoms. The van der Waals surface area contributed by atoms with Crippen molar-refractivity contribution in [1.82, 2.24) is 4.90 Å². The number of benzene rings is 1. The van der Waals surface area contributed by atoms with Crippen LogP contribution in [0.15, 0.2) is 41.0 Å². The van der Waals surface area contributed by atoms with E-state index in [0.717, 1.165) is 0 Å². The number of amides is 2. The van der Waals surface area contributed by atoms with Gasteiger partial charge in [0, 0.05) is 6.54 Å². The van der Waals surface area contributed by atoms with Crippen molar-refractivity contribution in [2.45, 2.75) is 25.8 Å². The van der Waals surface area contributed by atoms with Gasteiger partial charge in [-0.3, -0.25) is 19.7 Å². The minimum atomic E-state index is -0.829. The van der Waals surface area contributed by atoms with Crippen LogP contribution >= 0.6 is 0 Å². The first-order chi connectivity index (χ1) is 14.9. The molecule has 2 amide bonds. The lowest BCUT2D eigenvalue weighted by molar-refractivity contribution is -0.384. The van der Waals surface area contributed by atoms with Crippen LogP contribution in [0.2, 0.25) is 0 Å². The van der Waals surface area contributed by atoms with Crippen LogP contribution in [0, 0.1) is 10.1 Å². The molecule has 1 atom stereocenters. The predicted octanol–water partition coefficient (Wildman–Crippen LogP) is 2.37. The topological polar surface area (TPSA) is 141 Å². The van der Waals surface area contributed by atoms with Crippen LogP contribution in [0.25, 0.3) is 0 Å². The molecule has 1 aliphatic heterocycles. The lowest BCUT2D eigenvalue weighted by Crippen LogP contribution is -2.42. The second-order valence-corrected chi connectivity index (χ2v) is 6.66. The highest BCUT2D eigenvalue weighted by Crippen LogP contribution is 2.29. The van der Waals surface area contributed by atoms with Gasteiger partial charge < -0.3 is 24.1 Å². The number of carbonyl (C=O) groups is 3. The van der Waals surface area contributed by atoms with Crippen molar-refractivity contribution in [3.8, 4) is 5.75 Å². The lowest BCUT2D eigenvalue weighted by atomic mass is 10.2. The summed E-state index contributed by atoms with van der Waals surface area (Å²) in [6.07, 6.45) is 2.37. The quantitative estimate of drug-likeness (QED) is 0.381. The van der Waals surface area contributed by atoms with E-state index in [-0.39, 0.29) is 17.1 Å². The molecule has 1 saturated heterocycles. The number of nitro groups is 1. The van der Waals surface area contributed by atoms with Crippen molar-refractivity contribution in [3.63, 3.8) is 0 Å². The van der Waals surface area contributed by atoms with Crippen molar-refractivity contribution in [1.29, 1.82) is 0 Å². The second kappa shape index (κ2) is 9.74. The molecule has 2 aromatic rings. The van der Waals surface area contributed by atoms with E-state index in [1.54, 1.807) is 13.0 Å². The van der Waals surface area contributed by atoms with Gasteiger partial charge in [-0.05, 0) is 44.0 Å². The summed E-state index contributed by atoms with van der Waals surface area (Å²) >= 11 is 0. The smallest absolute Gasteiger partial charge is 0.329 e. The first-order valence-corrected chi connectivity index (χ1v) is 9.63. The Bertz CT molecular complexity index is 973. The molecule has 0 radical (unpaired) electrons. The SMILES string of the molecule is CCOc1ccc(NC(=O)COC(=O)[C@@H]2CCCN2C(=O)c2ccco2)c([N+](=O)[O-])c1. The molecule has 3 rings (SSSR count). The number of furan rings is 1. The van der Waals surface area contributed by atoms with Gasteiger partial charge in [-0.2, -0.15) is 0 Å². The fourth-order valence-corrected chi connectivity index (χ4v) is 3.24. The number of ether oxygens (including phenoxy) is 2. The number of rotatable bonds is 8. The highest BCUT2D eigenvalue weighted by atomic mass is 16.6. The molecule has 11 heteroatoms. The maximum Gasteiger partial charge on any atom is 0.329 e. The number of carbonyl (C=O) groups excluding carboxylic acids is 3. The number of esters is 1. The summed E-state index contributed by atoms with van der Waals surface area (Å²) < 4.78 is 15.4. The van der Waals surface area contributed by atoms with Gasteiger partial charge in [0.05, 0.1) is 23.9 Å². The monoisotopic (exact) mass is 431 g/mol. The minimum absolute atomic E-state index is 0.0509. The highest BCUT2D eigenvalue weighted by Gasteiger charge is 2.36. The van der Waals surface area contributed by atoms with E-state index in [4.69, 9.17) is 13.9 Å². The third kappa shape index (κ3) is 5.18. The van der Waals surface area contributed by atoms with Crippen LogP contribution in [0.3, 0.4) is 0 Å². The van der Waals surface area contributed by atoms with Gasteiger partial charge in [-0.15, -0.1) is 0 Å². The molecule has 164 valence electrons. The van der Waals surface area contributed by atoms with Gasteiger partial charge in [0.1, 0.15) is 17.5 Å². The van der Waals surface area contributed by atoms with E-state index in [9.17, 15) is 24.5 Å². The van der Waals surface area contributed by atoms with E-state index >= 15 is 0 Å². The molecule has 0 bridgehead atoms. The predicted molar refractivity (Wildman–Crippen MR) is 107 cm³/mol. The summed E-state index contributed by atoms with van der Waals surface area (Å²) in [6, 6.07) is 6.26. The Morgan fingerprint density at radius 3 is 2.81 bits per heavy atom. The molecule has 1 aliphatic rings. The maximum atomic E-state index is 12.4. The van der Waals surface area contributed by atoms with Crippen LogP contribution < -0.4 is 10.1 Å². The summed E-state index contributed by atoms with van der Waals surface area (Å²) in [5.74, 6) is -1.50.